The molecule has 41 heavy (non-hydrogen) atoms. The largest absolute Gasteiger partial charge is 0.351 e. The van der Waals surface area contributed by atoms with E-state index in [1.807, 2.05) is 0 Å². The minimum Gasteiger partial charge on any atom is -0.351 e. The lowest BCUT2D eigenvalue weighted by Crippen LogP contribution is -2.52. The molecule has 0 bridgehead atoms. The number of carbonyl (C=O) groups is 5. The van der Waals surface area contributed by atoms with E-state index >= 15 is 0 Å². The first kappa shape index (κ1) is 28.1. The molecule has 3 heterocycles. The standard InChI is InChI=1S/C29H29F2N5O5/c1-15-20(10-11-32-25(15)31)24(27(39)33-19-4-3-5-19)36(28(40)16(2)30)13-17-6-7-21-18(12-17)14-35(29(21)41)22-8-9-23(37)34-26(22)38/h6-7,10-12,19,22,24H,2-5,8-9,13-14H2,1H3,(H,33,39)(H,34,37,38). The lowest BCUT2D eigenvalue weighted by molar-refractivity contribution is -0.140. The summed E-state index contributed by atoms with van der Waals surface area (Å²) in [4.78, 5) is 69.7. The summed E-state index contributed by atoms with van der Waals surface area (Å²) in [6.45, 7) is 4.40. The Labute approximate surface area is 234 Å². The summed E-state index contributed by atoms with van der Waals surface area (Å²) in [5, 5.41) is 5.13. The summed E-state index contributed by atoms with van der Waals surface area (Å²) in [7, 11) is 0. The van der Waals surface area contributed by atoms with Gasteiger partial charge in [0.1, 0.15) is 12.1 Å². The molecule has 1 aromatic heterocycles. The summed E-state index contributed by atoms with van der Waals surface area (Å²) < 4.78 is 28.9. The number of aromatic nitrogens is 1. The molecule has 2 fully saturated rings. The molecule has 12 heteroatoms. The van der Waals surface area contributed by atoms with E-state index in [4.69, 9.17) is 0 Å². The van der Waals surface area contributed by atoms with Gasteiger partial charge >= 0.3 is 0 Å². The molecule has 0 radical (unpaired) electrons. The van der Waals surface area contributed by atoms with E-state index in [1.54, 1.807) is 18.2 Å². The van der Waals surface area contributed by atoms with Crippen LogP contribution in [0.2, 0.25) is 0 Å². The Morgan fingerprint density at radius 2 is 1.98 bits per heavy atom. The highest BCUT2D eigenvalue weighted by Crippen LogP contribution is 2.32. The molecule has 1 aromatic carbocycles. The number of carbonyl (C=O) groups excluding carboxylic acids is 5. The summed E-state index contributed by atoms with van der Waals surface area (Å²) in [5.41, 5.74) is 1.61. The molecule has 3 aliphatic rings. The predicted molar refractivity (Wildman–Crippen MR) is 141 cm³/mol. The van der Waals surface area contributed by atoms with Gasteiger partial charge in [0.2, 0.25) is 23.7 Å². The van der Waals surface area contributed by atoms with Crippen LogP contribution in [0.25, 0.3) is 0 Å². The van der Waals surface area contributed by atoms with Gasteiger partial charge in [0.05, 0.1) is 0 Å². The lowest BCUT2D eigenvalue weighted by Gasteiger charge is -2.34. The van der Waals surface area contributed by atoms with Crippen molar-refractivity contribution in [3.63, 3.8) is 0 Å². The van der Waals surface area contributed by atoms with Crippen molar-refractivity contribution in [1.82, 2.24) is 25.4 Å². The fraction of sp³-hybridized carbons (Fsp3) is 0.379. The van der Waals surface area contributed by atoms with Crippen LogP contribution in [0.5, 0.6) is 0 Å². The smallest absolute Gasteiger partial charge is 0.283 e. The van der Waals surface area contributed by atoms with Crippen molar-refractivity contribution in [3.8, 4) is 0 Å². The number of nitrogens with one attached hydrogen (secondary N) is 2. The van der Waals surface area contributed by atoms with E-state index < -0.39 is 47.5 Å². The summed E-state index contributed by atoms with van der Waals surface area (Å²) >= 11 is 0. The number of nitrogens with zero attached hydrogens (tertiary/aromatic N) is 3. The van der Waals surface area contributed by atoms with E-state index in [1.165, 1.54) is 24.1 Å². The van der Waals surface area contributed by atoms with Crippen molar-refractivity contribution in [2.24, 2.45) is 0 Å². The van der Waals surface area contributed by atoms with Crippen LogP contribution in [0.4, 0.5) is 8.78 Å². The van der Waals surface area contributed by atoms with Gasteiger partial charge in [0.25, 0.3) is 11.8 Å². The Morgan fingerprint density at radius 3 is 2.63 bits per heavy atom. The zero-order chi connectivity index (χ0) is 29.4. The number of hydrogen-bond donors (Lipinski definition) is 2. The predicted octanol–water partition coefficient (Wildman–Crippen LogP) is 2.51. The lowest BCUT2D eigenvalue weighted by atomic mass is 9.92. The Hall–Kier alpha value is -4.48. The van der Waals surface area contributed by atoms with Gasteiger partial charge < -0.3 is 15.1 Å². The van der Waals surface area contributed by atoms with E-state index in [2.05, 4.69) is 22.2 Å². The molecule has 5 rings (SSSR count). The van der Waals surface area contributed by atoms with Crippen LogP contribution in [0.15, 0.2) is 42.9 Å². The number of rotatable bonds is 8. The molecular weight excluding hydrogens is 536 g/mol. The van der Waals surface area contributed by atoms with E-state index in [-0.39, 0.29) is 49.0 Å². The van der Waals surface area contributed by atoms with Gasteiger partial charge in [0.15, 0.2) is 5.83 Å². The molecule has 1 aliphatic carbocycles. The summed E-state index contributed by atoms with van der Waals surface area (Å²) in [6, 6.07) is 3.91. The van der Waals surface area contributed by atoms with E-state index in [0.29, 0.717) is 16.7 Å². The highest BCUT2D eigenvalue weighted by molar-refractivity contribution is 6.05. The number of piperidine rings is 1. The van der Waals surface area contributed by atoms with Crippen molar-refractivity contribution >= 4 is 29.5 Å². The maximum Gasteiger partial charge on any atom is 0.283 e. The number of halogens is 2. The first-order chi connectivity index (χ1) is 19.5. The third-order valence-corrected chi connectivity index (χ3v) is 7.92. The zero-order valence-electron chi connectivity index (χ0n) is 22.4. The van der Waals surface area contributed by atoms with E-state index in [9.17, 15) is 32.8 Å². The molecule has 10 nitrogen and oxygen atoms in total. The third-order valence-electron chi connectivity index (χ3n) is 7.92. The van der Waals surface area contributed by atoms with Gasteiger partial charge in [-0.25, -0.2) is 9.37 Å². The second-order valence-electron chi connectivity index (χ2n) is 10.6. The van der Waals surface area contributed by atoms with Gasteiger partial charge in [0, 0.05) is 42.9 Å². The topological polar surface area (TPSA) is 129 Å². The van der Waals surface area contributed by atoms with Crippen LogP contribution in [0.3, 0.4) is 0 Å². The first-order valence-corrected chi connectivity index (χ1v) is 13.4. The quantitative estimate of drug-likeness (QED) is 0.288. The van der Waals surface area contributed by atoms with Gasteiger partial charge in [-0.2, -0.15) is 4.39 Å². The molecule has 0 spiro atoms. The molecular formula is C29H29F2N5O5. The van der Waals surface area contributed by atoms with Crippen LogP contribution in [-0.2, 0) is 32.3 Å². The Balaban J connectivity index is 1.47. The van der Waals surface area contributed by atoms with Crippen LogP contribution >= 0.6 is 0 Å². The minimum absolute atomic E-state index is 0.0444. The van der Waals surface area contributed by atoms with Crippen LogP contribution in [0.1, 0.15) is 70.8 Å². The van der Waals surface area contributed by atoms with Crippen molar-refractivity contribution in [1.29, 1.82) is 0 Å². The average Bonchev–Trinajstić information content (AvgIpc) is 3.23. The minimum atomic E-state index is -1.39. The third kappa shape index (κ3) is 5.46. The summed E-state index contributed by atoms with van der Waals surface area (Å²) in [5.74, 6) is -5.14. The molecule has 1 saturated carbocycles. The average molecular weight is 566 g/mol. The molecule has 5 amide bonds. The number of hydrogen-bond acceptors (Lipinski definition) is 6. The normalized spacial score (nSPS) is 19.2. The first-order valence-electron chi connectivity index (χ1n) is 13.4. The van der Waals surface area contributed by atoms with Gasteiger partial charge in [-0.05, 0) is 61.4 Å². The van der Waals surface area contributed by atoms with Crippen molar-refractivity contribution < 1.29 is 32.8 Å². The molecule has 214 valence electrons. The highest BCUT2D eigenvalue weighted by Gasteiger charge is 2.40. The summed E-state index contributed by atoms with van der Waals surface area (Å²) in [6.07, 6.45) is 3.96. The molecule has 2 atom stereocenters. The molecule has 2 unspecified atom stereocenters. The van der Waals surface area contributed by atoms with Crippen LogP contribution in [0, 0.1) is 12.9 Å². The molecule has 2 N–H and O–H groups in total. The maximum absolute atomic E-state index is 14.5. The maximum atomic E-state index is 14.5. The Morgan fingerprint density at radius 1 is 1.22 bits per heavy atom. The number of imide groups is 1. The SMILES string of the molecule is C=C(F)C(=O)N(Cc1ccc2c(c1)CN(C1CCC(=O)NC1=O)C2=O)C(C(=O)NC1CCC1)c1ccnc(F)c1C. The van der Waals surface area contributed by atoms with Crippen molar-refractivity contribution in [2.75, 3.05) is 0 Å². The number of amides is 5. The number of benzene rings is 1. The second-order valence-corrected chi connectivity index (χ2v) is 10.6. The number of pyridine rings is 1. The number of fused-ring (bicyclic) bond motifs is 1. The molecule has 1 saturated heterocycles. The molecule has 2 aliphatic heterocycles. The fourth-order valence-electron chi connectivity index (χ4n) is 5.46. The Bertz CT molecular complexity index is 1470. The van der Waals surface area contributed by atoms with Crippen molar-refractivity contribution in [2.45, 2.75) is 70.2 Å². The highest BCUT2D eigenvalue weighted by atomic mass is 19.1. The van der Waals surface area contributed by atoms with Crippen LogP contribution < -0.4 is 10.6 Å². The Kier molecular flexibility index (Phi) is 7.65. The van der Waals surface area contributed by atoms with Gasteiger partial charge in [-0.3, -0.25) is 29.3 Å². The second kappa shape index (κ2) is 11.2. The zero-order valence-corrected chi connectivity index (χ0v) is 22.4. The monoisotopic (exact) mass is 565 g/mol. The van der Waals surface area contributed by atoms with Gasteiger partial charge in [-0.1, -0.05) is 18.7 Å². The van der Waals surface area contributed by atoms with Crippen LogP contribution in [-0.4, -0.2) is 56.4 Å². The molecule has 2 aromatic rings. The van der Waals surface area contributed by atoms with Crippen molar-refractivity contribution in [3.05, 3.63) is 76.6 Å². The van der Waals surface area contributed by atoms with Gasteiger partial charge in [-0.15, -0.1) is 0 Å². The fourth-order valence-corrected chi connectivity index (χ4v) is 5.46. The van der Waals surface area contributed by atoms with E-state index in [0.717, 1.165) is 24.2 Å².